The van der Waals surface area contributed by atoms with Gasteiger partial charge in [-0.05, 0) is 31.0 Å². The normalized spacial score (nSPS) is 20.7. The molecule has 0 saturated carbocycles. The van der Waals surface area contributed by atoms with Crippen molar-refractivity contribution in [3.05, 3.63) is 34.5 Å². The third-order valence-electron chi connectivity index (χ3n) is 4.73. The number of urea groups is 1. The topological polar surface area (TPSA) is 57.4 Å². The molecule has 1 atom stereocenters. The molecule has 2 N–H and O–H groups in total. The van der Waals surface area contributed by atoms with Gasteiger partial charge in [0.05, 0.1) is 6.10 Å². The number of halogens is 1. The van der Waals surface area contributed by atoms with E-state index in [0.717, 1.165) is 48.3 Å². The molecule has 0 spiro atoms. The summed E-state index contributed by atoms with van der Waals surface area (Å²) in [5, 5.41) is 4.84. The molecule has 1 aromatic heterocycles. The van der Waals surface area contributed by atoms with Gasteiger partial charge in [0.2, 0.25) is 0 Å². The third kappa shape index (κ3) is 2.91. The van der Waals surface area contributed by atoms with E-state index in [4.69, 9.17) is 16.3 Å². The van der Waals surface area contributed by atoms with Crippen LogP contribution >= 0.6 is 11.6 Å². The standard InChI is InChI=1S/C17H20ClN3O2/c18-11-3-4-15-13(8-11)14-10-21(6-5-16(14)20-15)17(22)19-9-12-2-1-7-23-12/h3-4,8,12,20H,1-2,5-7,9-10H2,(H,19,22). The number of hydrogen-bond donors (Lipinski definition) is 2. The zero-order chi connectivity index (χ0) is 15.8. The van der Waals surface area contributed by atoms with E-state index in [1.165, 1.54) is 11.3 Å². The predicted octanol–water partition coefficient (Wildman–Crippen LogP) is 3.07. The third-order valence-corrected chi connectivity index (χ3v) is 4.96. The van der Waals surface area contributed by atoms with Gasteiger partial charge in [-0.25, -0.2) is 4.79 Å². The first kappa shape index (κ1) is 14.8. The highest BCUT2D eigenvalue weighted by atomic mass is 35.5. The van der Waals surface area contributed by atoms with Crippen LogP contribution in [0.5, 0.6) is 0 Å². The lowest BCUT2D eigenvalue weighted by Crippen LogP contribution is -2.44. The SMILES string of the molecule is O=C(NCC1CCCO1)N1CCc2[nH]c3ccc(Cl)cc3c2C1. The molecule has 2 aromatic rings. The Morgan fingerprint density at radius 2 is 2.39 bits per heavy atom. The number of nitrogens with zero attached hydrogens (tertiary/aromatic N) is 1. The second-order valence-electron chi connectivity index (χ2n) is 6.26. The van der Waals surface area contributed by atoms with Crippen LogP contribution in [0.4, 0.5) is 4.79 Å². The lowest BCUT2D eigenvalue weighted by atomic mass is 10.0. The first-order chi connectivity index (χ1) is 11.2. The number of H-pyrrole nitrogens is 1. The van der Waals surface area contributed by atoms with Gasteiger partial charge in [0.1, 0.15) is 0 Å². The highest BCUT2D eigenvalue weighted by Gasteiger charge is 2.25. The molecule has 1 unspecified atom stereocenters. The molecule has 2 aliphatic rings. The van der Waals surface area contributed by atoms with Gasteiger partial charge >= 0.3 is 6.03 Å². The molecule has 0 radical (unpaired) electrons. The molecule has 1 saturated heterocycles. The Bertz CT molecular complexity index is 737. The number of fused-ring (bicyclic) bond motifs is 3. The number of hydrogen-bond acceptors (Lipinski definition) is 2. The molecule has 3 heterocycles. The van der Waals surface area contributed by atoms with Crippen LogP contribution in [-0.2, 0) is 17.7 Å². The van der Waals surface area contributed by atoms with E-state index in [9.17, 15) is 4.79 Å². The fourth-order valence-electron chi connectivity index (χ4n) is 3.48. The zero-order valence-electron chi connectivity index (χ0n) is 12.9. The first-order valence-corrected chi connectivity index (χ1v) is 8.52. The minimum atomic E-state index is -0.0115. The van der Waals surface area contributed by atoms with Crippen molar-refractivity contribution < 1.29 is 9.53 Å². The summed E-state index contributed by atoms with van der Waals surface area (Å²) in [6.45, 7) is 2.75. The summed E-state index contributed by atoms with van der Waals surface area (Å²) in [7, 11) is 0. The van der Waals surface area contributed by atoms with Gasteiger partial charge in [-0.1, -0.05) is 11.6 Å². The molecule has 0 aliphatic carbocycles. The maximum atomic E-state index is 12.4. The van der Waals surface area contributed by atoms with Gasteiger partial charge in [0, 0.05) is 59.8 Å². The summed E-state index contributed by atoms with van der Waals surface area (Å²) in [5.74, 6) is 0. The highest BCUT2D eigenvalue weighted by Crippen LogP contribution is 2.29. The highest BCUT2D eigenvalue weighted by molar-refractivity contribution is 6.31. The Morgan fingerprint density at radius 1 is 1.48 bits per heavy atom. The van der Waals surface area contributed by atoms with Crippen LogP contribution in [0.1, 0.15) is 24.1 Å². The van der Waals surface area contributed by atoms with Crippen LogP contribution in [0.3, 0.4) is 0 Å². The molecule has 1 aromatic carbocycles. The van der Waals surface area contributed by atoms with Gasteiger partial charge in [0.15, 0.2) is 0 Å². The minimum Gasteiger partial charge on any atom is -0.376 e. The Balaban J connectivity index is 1.47. The van der Waals surface area contributed by atoms with Crippen molar-refractivity contribution in [2.75, 3.05) is 19.7 Å². The van der Waals surface area contributed by atoms with Crippen molar-refractivity contribution in [1.29, 1.82) is 0 Å². The Morgan fingerprint density at radius 3 is 3.22 bits per heavy atom. The van der Waals surface area contributed by atoms with E-state index in [2.05, 4.69) is 10.3 Å². The fourth-order valence-corrected chi connectivity index (χ4v) is 3.65. The van der Waals surface area contributed by atoms with Gasteiger partial charge in [0.25, 0.3) is 0 Å². The maximum Gasteiger partial charge on any atom is 0.317 e. The van der Waals surface area contributed by atoms with Crippen molar-refractivity contribution in [2.45, 2.75) is 31.9 Å². The minimum absolute atomic E-state index is 0.0115. The van der Waals surface area contributed by atoms with E-state index in [1.807, 2.05) is 23.1 Å². The van der Waals surface area contributed by atoms with Gasteiger partial charge < -0.3 is 19.9 Å². The van der Waals surface area contributed by atoms with Crippen LogP contribution in [0.25, 0.3) is 10.9 Å². The molecule has 2 aliphatic heterocycles. The molecule has 4 rings (SSSR count). The number of nitrogens with one attached hydrogen (secondary N) is 2. The number of aromatic nitrogens is 1. The Kier molecular flexibility index (Phi) is 3.91. The molecule has 23 heavy (non-hydrogen) atoms. The molecule has 6 heteroatoms. The van der Waals surface area contributed by atoms with Crippen LogP contribution < -0.4 is 5.32 Å². The number of benzene rings is 1. The number of amides is 2. The van der Waals surface area contributed by atoms with Crippen molar-refractivity contribution in [3.8, 4) is 0 Å². The lowest BCUT2D eigenvalue weighted by Gasteiger charge is -2.28. The smallest absolute Gasteiger partial charge is 0.317 e. The molecule has 122 valence electrons. The van der Waals surface area contributed by atoms with E-state index in [1.54, 1.807) is 0 Å². The average molecular weight is 334 g/mol. The zero-order valence-corrected chi connectivity index (χ0v) is 13.7. The number of rotatable bonds is 2. The molecular formula is C17H20ClN3O2. The largest absolute Gasteiger partial charge is 0.376 e. The first-order valence-electron chi connectivity index (χ1n) is 8.14. The summed E-state index contributed by atoms with van der Waals surface area (Å²) in [6.07, 6.45) is 3.13. The van der Waals surface area contributed by atoms with Crippen LogP contribution in [0.15, 0.2) is 18.2 Å². The molecule has 1 fully saturated rings. The van der Waals surface area contributed by atoms with Gasteiger partial charge in [-0.2, -0.15) is 0 Å². The number of aromatic amines is 1. The summed E-state index contributed by atoms with van der Waals surface area (Å²) in [5.41, 5.74) is 3.48. The van der Waals surface area contributed by atoms with Gasteiger partial charge in [-0.3, -0.25) is 0 Å². The Labute approximate surface area is 139 Å². The summed E-state index contributed by atoms with van der Waals surface area (Å²) in [4.78, 5) is 17.7. The number of carbonyl (C=O) groups excluding carboxylic acids is 1. The number of ether oxygens (including phenoxy) is 1. The molecule has 2 amide bonds. The fraction of sp³-hybridized carbons (Fsp3) is 0.471. The molecule has 0 bridgehead atoms. The van der Waals surface area contributed by atoms with Crippen LogP contribution in [-0.4, -0.2) is 41.7 Å². The van der Waals surface area contributed by atoms with Crippen molar-refractivity contribution in [3.63, 3.8) is 0 Å². The Hall–Kier alpha value is -1.72. The molecular weight excluding hydrogens is 314 g/mol. The number of carbonyl (C=O) groups is 1. The summed E-state index contributed by atoms with van der Waals surface area (Å²) >= 11 is 6.12. The van der Waals surface area contributed by atoms with Crippen molar-refractivity contribution in [2.24, 2.45) is 0 Å². The monoisotopic (exact) mass is 333 g/mol. The van der Waals surface area contributed by atoms with Crippen LogP contribution in [0, 0.1) is 0 Å². The van der Waals surface area contributed by atoms with Crippen molar-refractivity contribution in [1.82, 2.24) is 15.2 Å². The molecule has 5 nitrogen and oxygen atoms in total. The van der Waals surface area contributed by atoms with Crippen LogP contribution in [0.2, 0.25) is 5.02 Å². The van der Waals surface area contributed by atoms with Gasteiger partial charge in [-0.15, -0.1) is 0 Å². The van der Waals surface area contributed by atoms with E-state index in [0.29, 0.717) is 13.1 Å². The van der Waals surface area contributed by atoms with E-state index in [-0.39, 0.29) is 12.1 Å². The lowest BCUT2D eigenvalue weighted by molar-refractivity contribution is 0.108. The second-order valence-corrected chi connectivity index (χ2v) is 6.70. The maximum absolute atomic E-state index is 12.4. The second kappa shape index (κ2) is 6.06. The van der Waals surface area contributed by atoms with Crippen molar-refractivity contribution >= 4 is 28.5 Å². The summed E-state index contributed by atoms with van der Waals surface area (Å²) < 4.78 is 5.55. The van der Waals surface area contributed by atoms with E-state index < -0.39 is 0 Å². The summed E-state index contributed by atoms with van der Waals surface area (Å²) in [6, 6.07) is 5.85. The average Bonchev–Trinajstić information content (AvgIpc) is 3.19. The van der Waals surface area contributed by atoms with E-state index >= 15 is 0 Å². The quantitative estimate of drug-likeness (QED) is 0.887. The predicted molar refractivity (Wildman–Crippen MR) is 89.8 cm³/mol.